The highest BCUT2D eigenvalue weighted by Gasteiger charge is 2.38. The zero-order chi connectivity index (χ0) is 23.0. The van der Waals surface area contributed by atoms with Crippen molar-refractivity contribution in [1.29, 1.82) is 0 Å². The van der Waals surface area contributed by atoms with E-state index >= 15 is 0 Å². The number of aromatic nitrogens is 2. The number of para-hydroxylation sites is 2. The highest BCUT2D eigenvalue weighted by molar-refractivity contribution is 5.97. The van der Waals surface area contributed by atoms with Gasteiger partial charge in [0.15, 0.2) is 12.4 Å². The summed E-state index contributed by atoms with van der Waals surface area (Å²) in [5.74, 6) is -0.803. The average Bonchev–Trinajstić information content (AvgIpc) is 3.18. The molecule has 0 aliphatic carbocycles. The van der Waals surface area contributed by atoms with Crippen LogP contribution in [0.15, 0.2) is 66.4 Å². The van der Waals surface area contributed by atoms with Gasteiger partial charge in [-0.05, 0) is 37.6 Å². The lowest BCUT2D eigenvalue weighted by atomic mass is 9.83. The number of allylic oxidation sites excluding steroid dienone is 1. The van der Waals surface area contributed by atoms with Crippen molar-refractivity contribution in [3.05, 3.63) is 88.9 Å². The number of nitrogens with zero attached hydrogens (tertiary/aromatic N) is 3. The number of ether oxygens (including phenoxy) is 1. The number of hydrogen-bond acceptors (Lipinski definition) is 5. The van der Waals surface area contributed by atoms with Gasteiger partial charge in [0.25, 0.3) is 0 Å². The van der Waals surface area contributed by atoms with Crippen LogP contribution in [0.4, 0.5) is 5.69 Å². The lowest BCUT2D eigenvalue weighted by molar-refractivity contribution is -0.117. The van der Waals surface area contributed by atoms with Crippen LogP contribution in [0.3, 0.4) is 0 Å². The summed E-state index contributed by atoms with van der Waals surface area (Å²) in [6.07, 6.45) is 1.58. The van der Waals surface area contributed by atoms with Crippen LogP contribution in [0.25, 0.3) is 5.69 Å². The third-order valence-electron chi connectivity index (χ3n) is 6.08. The van der Waals surface area contributed by atoms with Crippen molar-refractivity contribution in [1.82, 2.24) is 9.78 Å². The van der Waals surface area contributed by atoms with Crippen LogP contribution < -0.4 is 4.90 Å². The van der Waals surface area contributed by atoms with E-state index in [0.29, 0.717) is 17.0 Å². The summed E-state index contributed by atoms with van der Waals surface area (Å²) in [7, 11) is 1.95. The van der Waals surface area contributed by atoms with Gasteiger partial charge in [0, 0.05) is 29.9 Å². The molecule has 0 N–H and O–H groups in total. The van der Waals surface area contributed by atoms with Gasteiger partial charge in [-0.3, -0.25) is 4.79 Å². The van der Waals surface area contributed by atoms with Gasteiger partial charge in [-0.15, -0.1) is 0 Å². The minimum Gasteiger partial charge on any atom is -0.454 e. The number of esters is 1. The van der Waals surface area contributed by atoms with E-state index in [-0.39, 0.29) is 17.8 Å². The molecule has 0 atom stereocenters. The van der Waals surface area contributed by atoms with Gasteiger partial charge in [-0.25, -0.2) is 9.48 Å². The molecule has 0 saturated carbocycles. The number of fused-ring (bicyclic) bond motifs is 1. The molecular weight excluding hydrogens is 402 g/mol. The number of benzene rings is 2. The summed E-state index contributed by atoms with van der Waals surface area (Å²) in [5.41, 5.74) is 5.30. The number of likely N-dealkylation sites (N-methyl/N-ethyl adjacent to an activating group) is 1. The van der Waals surface area contributed by atoms with E-state index in [9.17, 15) is 9.59 Å². The zero-order valence-corrected chi connectivity index (χ0v) is 19.0. The highest BCUT2D eigenvalue weighted by atomic mass is 16.5. The fourth-order valence-corrected chi connectivity index (χ4v) is 4.42. The number of carbonyl (C=O) groups is 2. The third kappa shape index (κ3) is 3.62. The molecule has 4 rings (SSSR count). The van der Waals surface area contributed by atoms with Gasteiger partial charge in [0.2, 0.25) is 0 Å². The van der Waals surface area contributed by atoms with Crippen molar-refractivity contribution < 1.29 is 14.3 Å². The Balaban J connectivity index is 1.50. The van der Waals surface area contributed by atoms with Gasteiger partial charge >= 0.3 is 5.97 Å². The minimum absolute atomic E-state index is 0.258. The smallest absolute Gasteiger partial charge is 0.342 e. The molecule has 1 aromatic heterocycles. The molecule has 0 amide bonds. The number of rotatable bonds is 5. The Morgan fingerprint density at radius 3 is 2.38 bits per heavy atom. The van der Waals surface area contributed by atoms with Gasteiger partial charge in [0.05, 0.1) is 17.1 Å². The molecule has 0 spiro atoms. The average molecular weight is 430 g/mol. The quantitative estimate of drug-likeness (QED) is 0.441. The molecule has 164 valence electrons. The number of anilines is 1. The molecule has 1 aliphatic rings. The summed E-state index contributed by atoms with van der Waals surface area (Å²) in [4.78, 5) is 27.5. The van der Waals surface area contributed by atoms with Gasteiger partial charge in [0.1, 0.15) is 5.56 Å². The van der Waals surface area contributed by atoms with E-state index < -0.39 is 5.97 Å². The van der Waals surface area contributed by atoms with E-state index in [4.69, 9.17) is 4.74 Å². The van der Waals surface area contributed by atoms with Crippen LogP contribution in [0.2, 0.25) is 0 Å². The normalized spacial score (nSPS) is 15.7. The molecule has 6 heteroatoms. The summed E-state index contributed by atoms with van der Waals surface area (Å²) < 4.78 is 7.10. The molecular formula is C26H27N3O3. The monoisotopic (exact) mass is 429 g/mol. The largest absolute Gasteiger partial charge is 0.454 e. The van der Waals surface area contributed by atoms with Crippen LogP contribution >= 0.6 is 0 Å². The fraction of sp³-hybridized carbons (Fsp3) is 0.269. The molecule has 3 aromatic rings. The van der Waals surface area contributed by atoms with E-state index in [1.807, 2.05) is 67.4 Å². The second-order valence-electron chi connectivity index (χ2n) is 8.57. The summed E-state index contributed by atoms with van der Waals surface area (Å²) in [5, 5.41) is 4.48. The van der Waals surface area contributed by atoms with E-state index in [1.165, 1.54) is 0 Å². The molecule has 0 saturated heterocycles. The van der Waals surface area contributed by atoms with Crippen LogP contribution in [-0.2, 0) is 14.9 Å². The Labute approximate surface area is 188 Å². The highest BCUT2D eigenvalue weighted by Crippen LogP contribution is 2.46. The van der Waals surface area contributed by atoms with E-state index in [2.05, 4.69) is 25.0 Å². The number of ketones is 1. The lowest BCUT2D eigenvalue weighted by Gasteiger charge is -2.23. The number of aryl methyl sites for hydroxylation is 1. The molecule has 2 aromatic carbocycles. The lowest BCUT2D eigenvalue weighted by Crippen LogP contribution is -2.25. The maximum atomic E-state index is 12.8. The standard InChI is InChI=1S/C26H27N3O3/c1-17-24(18(2)29(27-17)19-11-7-6-8-12-19)25(31)32-16-20(30)15-23-26(3,4)21-13-9-10-14-22(21)28(23)5/h6-15H,16H2,1-5H3/b23-15-. The summed E-state index contributed by atoms with van der Waals surface area (Å²) >= 11 is 0. The van der Waals surface area contributed by atoms with Crippen LogP contribution in [0, 0.1) is 13.8 Å². The Morgan fingerprint density at radius 1 is 1.03 bits per heavy atom. The predicted octanol–water partition coefficient (Wildman–Crippen LogP) is 4.53. The van der Waals surface area contributed by atoms with Crippen molar-refractivity contribution in [3.8, 4) is 5.69 Å². The second-order valence-corrected chi connectivity index (χ2v) is 8.57. The van der Waals surface area contributed by atoms with Crippen LogP contribution in [-0.4, -0.2) is 35.2 Å². The Hall–Kier alpha value is -3.67. The molecule has 0 fully saturated rings. The molecule has 0 bridgehead atoms. The maximum absolute atomic E-state index is 12.8. The first-order valence-electron chi connectivity index (χ1n) is 10.6. The first-order valence-corrected chi connectivity index (χ1v) is 10.6. The maximum Gasteiger partial charge on any atom is 0.342 e. The molecule has 0 radical (unpaired) electrons. The Kier molecular flexibility index (Phi) is 5.46. The number of carbonyl (C=O) groups excluding carboxylic acids is 2. The zero-order valence-electron chi connectivity index (χ0n) is 19.0. The summed E-state index contributed by atoms with van der Waals surface area (Å²) in [6.45, 7) is 7.44. The fourth-order valence-electron chi connectivity index (χ4n) is 4.42. The van der Waals surface area contributed by atoms with Crippen molar-refractivity contribution >= 4 is 17.4 Å². The van der Waals surface area contributed by atoms with Crippen molar-refractivity contribution in [2.75, 3.05) is 18.6 Å². The van der Waals surface area contributed by atoms with Crippen LogP contribution in [0.5, 0.6) is 0 Å². The van der Waals surface area contributed by atoms with Gasteiger partial charge < -0.3 is 9.64 Å². The van der Waals surface area contributed by atoms with Crippen molar-refractivity contribution in [2.45, 2.75) is 33.1 Å². The van der Waals surface area contributed by atoms with Crippen molar-refractivity contribution in [2.24, 2.45) is 0 Å². The van der Waals surface area contributed by atoms with E-state index in [1.54, 1.807) is 17.7 Å². The molecule has 0 unspecified atom stereocenters. The molecule has 6 nitrogen and oxygen atoms in total. The number of hydrogen-bond donors (Lipinski definition) is 0. The topological polar surface area (TPSA) is 64.4 Å². The van der Waals surface area contributed by atoms with Crippen molar-refractivity contribution in [3.63, 3.8) is 0 Å². The molecule has 1 aliphatic heterocycles. The first kappa shape index (κ1) is 21.6. The van der Waals surface area contributed by atoms with Gasteiger partial charge in [-0.2, -0.15) is 5.10 Å². The minimum atomic E-state index is -0.545. The predicted molar refractivity (Wildman–Crippen MR) is 124 cm³/mol. The van der Waals surface area contributed by atoms with Crippen LogP contribution in [0.1, 0.15) is 41.2 Å². The van der Waals surface area contributed by atoms with Gasteiger partial charge in [-0.1, -0.05) is 50.2 Å². The third-order valence-corrected chi connectivity index (χ3v) is 6.08. The first-order chi connectivity index (χ1) is 15.2. The summed E-state index contributed by atoms with van der Waals surface area (Å²) in [6, 6.07) is 17.7. The molecule has 32 heavy (non-hydrogen) atoms. The Bertz CT molecular complexity index is 1220. The SMILES string of the molecule is Cc1nn(-c2ccccc2)c(C)c1C(=O)OCC(=O)/C=C1\N(C)c2ccccc2C1(C)C. The Morgan fingerprint density at radius 2 is 1.69 bits per heavy atom. The second kappa shape index (κ2) is 8.11. The molecule has 2 heterocycles. The van der Waals surface area contributed by atoms with E-state index in [0.717, 1.165) is 22.6 Å².